The molecule has 0 fully saturated rings. The van der Waals surface area contributed by atoms with Crippen LogP contribution in [0.5, 0.6) is 11.5 Å². The number of ether oxygens (including phenoxy) is 2. The normalized spacial score (nSPS) is 15.5. The molecule has 0 saturated carbocycles. The standard InChI is InChI=1S/C21H22ClN3O4S/c1-13-6-4-5-7-18(13)28-10-11-29-19-9-8-16(22)12-17(19)20-25(15(3)27)24-21(30-20)23-14(2)26/h4-9,12,20H,10-11H2,1-3H3,(H,23,24,26)/t20-/m1/s1. The zero-order chi connectivity index (χ0) is 21.7. The highest BCUT2D eigenvalue weighted by molar-refractivity contribution is 8.14. The van der Waals surface area contributed by atoms with Crippen molar-refractivity contribution in [3.63, 3.8) is 0 Å². The molecule has 7 nitrogen and oxygen atoms in total. The molecule has 2 amide bonds. The Labute approximate surface area is 184 Å². The lowest BCUT2D eigenvalue weighted by Gasteiger charge is -2.22. The molecule has 0 aliphatic carbocycles. The molecule has 0 unspecified atom stereocenters. The first-order valence-electron chi connectivity index (χ1n) is 9.28. The topological polar surface area (TPSA) is 80.2 Å². The number of nitrogens with zero attached hydrogens (tertiary/aromatic N) is 2. The third-order valence-electron chi connectivity index (χ3n) is 4.18. The summed E-state index contributed by atoms with van der Waals surface area (Å²) in [5.41, 5.74) is 1.73. The van der Waals surface area contributed by atoms with Crippen LogP contribution in [-0.4, -0.2) is 35.2 Å². The number of hydrazone groups is 1. The summed E-state index contributed by atoms with van der Waals surface area (Å²) in [6, 6.07) is 13.0. The first-order valence-corrected chi connectivity index (χ1v) is 10.5. The molecule has 0 bridgehead atoms. The van der Waals surface area contributed by atoms with Gasteiger partial charge < -0.3 is 14.8 Å². The van der Waals surface area contributed by atoms with Crippen molar-refractivity contribution in [3.8, 4) is 11.5 Å². The van der Waals surface area contributed by atoms with Crippen LogP contribution in [0.15, 0.2) is 47.6 Å². The zero-order valence-corrected chi connectivity index (χ0v) is 18.4. The lowest BCUT2D eigenvalue weighted by molar-refractivity contribution is -0.129. The fraction of sp³-hybridized carbons (Fsp3) is 0.286. The fourth-order valence-corrected chi connectivity index (χ4v) is 4.17. The molecule has 1 heterocycles. The summed E-state index contributed by atoms with van der Waals surface area (Å²) in [5, 5.41) is 8.48. The van der Waals surface area contributed by atoms with E-state index in [0.717, 1.165) is 11.3 Å². The van der Waals surface area contributed by atoms with Gasteiger partial charge >= 0.3 is 0 Å². The molecule has 0 radical (unpaired) electrons. The van der Waals surface area contributed by atoms with E-state index >= 15 is 0 Å². The largest absolute Gasteiger partial charge is 0.490 e. The van der Waals surface area contributed by atoms with Crippen molar-refractivity contribution in [3.05, 3.63) is 58.6 Å². The van der Waals surface area contributed by atoms with Gasteiger partial charge in [-0.15, -0.1) is 5.10 Å². The first kappa shape index (κ1) is 22.0. The van der Waals surface area contributed by atoms with Gasteiger partial charge in [-0.05, 0) is 36.8 Å². The molecule has 3 rings (SSSR count). The van der Waals surface area contributed by atoms with Gasteiger partial charge in [0.2, 0.25) is 11.8 Å². The maximum absolute atomic E-state index is 12.1. The highest BCUT2D eigenvalue weighted by Crippen LogP contribution is 2.43. The summed E-state index contributed by atoms with van der Waals surface area (Å²) in [5.74, 6) is 0.846. The summed E-state index contributed by atoms with van der Waals surface area (Å²) in [6.07, 6.45) is 0. The molecule has 1 N–H and O–H groups in total. The van der Waals surface area contributed by atoms with Crippen LogP contribution < -0.4 is 14.8 Å². The van der Waals surface area contributed by atoms with Gasteiger partial charge in [0.15, 0.2) is 5.17 Å². The van der Waals surface area contributed by atoms with E-state index in [1.54, 1.807) is 18.2 Å². The van der Waals surface area contributed by atoms with E-state index in [1.165, 1.54) is 30.6 Å². The number of benzene rings is 2. The number of rotatable bonds is 6. The molecule has 9 heteroatoms. The Kier molecular flexibility index (Phi) is 7.23. The van der Waals surface area contributed by atoms with Crippen molar-refractivity contribution in [2.24, 2.45) is 5.10 Å². The summed E-state index contributed by atoms with van der Waals surface area (Å²) in [4.78, 5) is 23.5. The maximum atomic E-state index is 12.1. The van der Waals surface area contributed by atoms with Crippen LogP contribution in [0.3, 0.4) is 0 Å². The molecule has 2 aromatic carbocycles. The Morgan fingerprint density at radius 2 is 1.83 bits per heavy atom. The molecular formula is C21H22ClN3O4S. The van der Waals surface area contributed by atoms with E-state index in [1.807, 2.05) is 31.2 Å². The smallest absolute Gasteiger partial charge is 0.241 e. The summed E-state index contributed by atoms with van der Waals surface area (Å²) in [6.45, 7) is 5.44. The monoisotopic (exact) mass is 447 g/mol. The average molecular weight is 448 g/mol. The quantitative estimate of drug-likeness (QED) is 0.674. The van der Waals surface area contributed by atoms with Gasteiger partial charge in [-0.25, -0.2) is 5.01 Å². The molecule has 0 spiro atoms. The van der Waals surface area contributed by atoms with Gasteiger partial charge in [-0.2, -0.15) is 0 Å². The molecule has 1 aliphatic heterocycles. The molecule has 158 valence electrons. The van der Waals surface area contributed by atoms with E-state index in [-0.39, 0.29) is 11.8 Å². The third-order valence-corrected chi connectivity index (χ3v) is 5.50. The van der Waals surface area contributed by atoms with E-state index in [4.69, 9.17) is 21.1 Å². The summed E-state index contributed by atoms with van der Waals surface area (Å²) in [7, 11) is 0. The van der Waals surface area contributed by atoms with Gasteiger partial charge in [-0.1, -0.05) is 41.6 Å². The van der Waals surface area contributed by atoms with E-state index < -0.39 is 5.37 Å². The number of carbonyl (C=O) groups excluding carboxylic acids is 2. The molecule has 0 saturated heterocycles. The lowest BCUT2D eigenvalue weighted by Crippen LogP contribution is -2.25. The van der Waals surface area contributed by atoms with Crippen LogP contribution in [0, 0.1) is 6.92 Å². The molecule has 30 heavy (non-hydrogen) atoms. The van der Waals surface area contributed by atoms with Crippen molar-refractivity contribution in [2.45, 2.75) is 26.1 Å². The Hall–Kier alpha value is -2.71. The maximum Gasteiger partial charge on any atom is 0.241 e. The van der Waals surface area contributed by atoms with Gasteiger partial charge in [0.25, 0.3) is 0 Å². The SMILES string of the molecule is CC(=O)NC1=NN(C(C)=O)[C@@H](c2cc(Cl)ccc2OCCOc2ccccc2C)S1. The van der Waals surface area contributed by atoms with E-state index in [2.05, 4.69) is 10.4 Å². The van der Waals surface area contributed by atoms with Crippen LogP contribution >= 0.6 is 23.4 Å². The Morgan fingerprint density at radius 1 is 1.13 bits per heavy atom. The van der Waals surface area contributed by atoms with Crippen molar-refractivity contribution in [2.75, 3.05) is 13.2 Å². The lowest BCUT2D eigenvalue weighted by atomic mass is 10.2. The highest BCUT2D eigenvalue weighted by atomic mass is 35.5. The minimum Gasteiger partial charge on any atom is -0.490 e. The number of nitrogens with one attached hydrogen (secondary N) is 1. The number of aryl methyl sites for hydroxylation is 1. The number of para-hydroxylation sites is 1. The molecule has 1 atom stereocenters. The minimum absolute atomic E-state index is 0.262. The highest BCUT2D eigenvalue weighted by Gasteiger charge is 2.34. The molecule has 2 aromatic rings. The summed E-state index contributed by atoms with van der Waals surface area (Å²) < 4.78 is 11.7. The van der Waals surface area contributed by atoms with E-state index in [9.17, 15) is 9.59 Å². The van der Waals surface area contributed by atoms with Gasteiger partial charge in [0.05, 0.1) is 0 Å². The van der Waals surface area contributed by atoms with Crippen LogP contribution in [0.25, 0.3) is 0 Å². The fourth-order valence-electron chi connectivity index (χ4n) is 2.83. The van der Waals surface area contributed by atoms with Crippen molar-refractivity contribution in [1.29, 1.82) is 0 Å². The first-order chi connectivity index (χ1) is 14.3. The Bertz CT molecular complexity index is 982. The van der Waals surface area contributed by atoms with Gasteiger partial charge in [-0.3, -0.25) is 9.59 Å². The average Bonchev–Trinajstić information content (AvgIpc) is 3.10. The number of carbonyl (C=O) groups is 2. The third kappa shape index (κ3) is 5.46. The Morgan fingerprint density at radius 3 is 2.50 bits per heavy atom. The second kappa shape index (κ2) is 9.86. The Balaban J connectivity index is 1.72. The number of thioether (sulfide) groups is 1. The molecule has 1 aliphatic rings. The van der Waals surface area contributed by atoms with Crippen LogP contribution in [-0.2, 0) is 9.59 Å². The van der Waals surface area contributed by atoms with E-state index in [0.29, 0.717) is 34.7 Å². The second-order valence-corrected chi connectivity index (χ2v) is 8.07. The number of hydrogen-bond donors (Lipinski definition) is 1. The number of amides is 2. The van der Waals surface area contributed by atoms with Gasteiger partial charge in [0, 0.05) is 24.4 Å². The van der Waals surface area contributed by atoms with Crippen molar-refractivity contribution in [1.82, 2.24) is 10.3 Å². The minimum atomic E-state index is -0.504. The number of amidine groups is 1. The molecule has 0 aromatic heterocycles. The van der Waals surface area contributed by atoms with Crippen LogP contribution in [0.1, 0.15) is 30.3 Å². The zero-order valence-electron chi connectivity index (χ0n) is 16.8. The van der Waals surface area contributed by atoms with Crippen LogP contribution in [0.4, 0.5) is 0 Å². The van der Waals surface area contributed by atoms with Gasteiger partial charge in [0.1, 0.15) is 30.1 Å². The van der Waals surface area contributed by atoms with Crippen molar-refractivity contribution >= 4 is 40.3 Å². The number of hydrogen-bond acceptors (Lipinski definition) is 6. The molecular weight excluding hydrogens is 426 g/mol. The van der Waals surface area contributed by atoms with Crippen molar-refractivity contribution < 1.29 is 19.1 Å². The summed E-state index contributed by atoms with van der Waals surface area (Å²) >= 11 is 7.44. The van der Waals surface area contributed by atoms with Crippen LogP contribution in [0.2, 0.25) is 5.02 Å². The number of halogens is 1. The predicted octanol–water partition coefficient (Wildman–Crippen LogP) is 4.11. The predicted molar refractivity (Wildman–Crippen MR) is 118 cm³/mol. The second-order valence-electron chi connectivity index (χ2n) is 6.56.